The number of carboxylic acid groups (broad SMARTS) is 1. The summed E-state index contributed by atoms with van der Waals surface area (Å²) >= 11 is 1.15. The zero-order valence-electron chi connectivity index (χ0n) is 8.84. The number of nitrogen functional groups attached to an aromatic ring is 1. The normalized spacial score (nSPS) is 12.1. The Morgan fingerprint density at radius 2 is 2.06 bits per heavy atom. The lowest BCUT2D eigenvalue weighted by Crippen LogP contribution is -2.20. The van der Waals surface area contributed by atoms with Gasteiger partial charge in [0.15, 0.2) is 5.78 Å². The van der Waals surface area contributed by atoms with Crippen LogP contribution in [0.4, 0.5) is 5.69 Å². The summed E-state index contributed by atoms with van der Waals surface area (Å²) < 4.78 is 0. The molecule has 1 aromatic rings. The molecule has 0 saturated heterocycles. The molecule has 0 heterocycles. The van der Waals surface area contributed by atoms with Crippen LogP contribution < -0.4 is 5.73 Å². The molecular weight excluding hydrogens is 226 g/mol. The number of benzene rings is 1. The Morgan fingerprint density at radius 1 is 1.44 bits per heavy atom. The highest BCUT2D eigenvalue weighted by Crippen LogP contribution is 2.18. The molecule has 0 aliphatic rings. The third-order valence-electron chi connectivity index (χ3n) is 2.19. The maximum atomic E-state index is 11.8. The molecule has 16 heavy (non-hydrogen) atoms. The summed E-state index contributed by atoms with van der Waals surface area (Å²) in [6.07, 6.45) is 1.63. The van der Waals surface area contributed by atoms with Crippen molar-refractivity contribution >= 4 is 29.2 Å². The third-order valence-corrected chi connectivity index (χ3v) is 3.13. The van der Waals surface area contributed by atoms with Gasteiger partial charge in [0.05, 0.1) is 0 Å². The molecule has 0 amide bonds. The number of thioether (sulfide) groups is 1. The maximum Gasteiger partial charge on any atom is 0.317 e. The molecule has 3 N–H and O–H groups in total. The van der Waals surface area contributed by atoms with Gasteiger partial charge in [-0.1, -0.05) is 12.1 Å². The largest absolute Gasteiger partial charge is 0.480 e. The van der Waals surface area contributed by atoms with E-state index in [9.17, 15) is 9.59 Å². The van der Waals surface area contributed by atoms with Gasteiger partial charge in [-0.2, -0.15) is 0 Å². The van der Waals surface area contributed by atoms with E-state index in [4.69, 9.17) is 10.8 Å². The van der Waals surface area contributed by atoms with Gasteiger partial charge < -0.3 is 10.8 Å². The van der Waals surface area contributed by atoms with Crippen LogP contribution in [0.3, 0.4) is 0 Å². The molecule has 0 spiro atoms. The number of nitrogens with two attached hydrogens (primary N) is 1. The van der Waals surface area contributed by atoms with Gasteiger partial charge in [0, 0.05) is 17.7 Å². The van der Waals surface area contributed by atoms with E-state index in [0.29, 0.717) is 11.3 Å². The average molecular weight is 239 g/mol. The van der Waals surface area contributed by atoms with Crippen LogP contribution in [0.15, 0.2) is 24.3 Å². The maximum absolute atomic E-state index is 11.8. The summed E-state index contributed by atoms with van der Waals surface area (Å²) in [4.78, 5) is 22.6. The van der Waals surface area contributed by atoms with Crippen molar-refractivity contribution in [2.45, 2.75) is 11.7 Å². The van der Waals surface area contributed by atoms with Gasteiger partial charge in [-0.3, -0.25) is 9.59 Å². The van der Waals surface area contributed by atoms with E-state index in [1.807, 2.05) is 0 Å². The summed E-state index contributed by atoms with van der Waals surface area (Å²) in [6.45, 7) is 0. The Hall–Kier alpha value is -1.49. The molecule has 1 atom stereocenters. The Balaban J connectivity index is 2.80. The number of hydrogen-bond donors (Lipinski definition) is 2. The minimum atomic E-state index is -0.977. The van der Waals surface area contributed by atoms with Gasteiger partial charge in [-0.05, 0) is 18.4 Å². The fourth-order valence-electron chi connectivity index (χ4n) is 1.30. The zero-order chi connectivity index (χ0) is 12.1. The molecule has 0 saturated carbocycles. The van der Waals surface area contributed by atoms with E-state index in [2.05, 4.69) is 0 Å². The van der Waals surface area contributed by atoms with Crippen molar-refractivity contribution in [2.75, 3.05) is 12.0 Å². The number of aliphatic carboxylic acids is 1. The Labute approximate surface area is 97.8 Å². The average Bonchev–Trinajstić information content (AvgIpc) is 2.25. The number of para-hydroxylation sites is 1. The van der Waals surface area contributed by atoms with Crippen molar-refractivity contribution < 1.29 is 14.7 Å². The number of Topliss-reactive ketones (excluding diaryl/α,β-unsaturated/α-hetero) is 1. The lowest BCUT2D eigenvalue weighted by atomic mass is 10.0. The van der Waals surface area contributed by atoms with Gasteiger partial charge in [-0.15, -0.1) is 11.8 Å². The van der Waals surface area contributed by atoms with E-state index in [1.54, 1.807) is 30.5 Å². The van der Waals surface area contributed by atoms with Gasteiger partial charge in [0.1, 0.15) is 5.25 Å². The van der Waals surface area contributed by atoms with Crippen LogP contribution in [-0.2, 0) is 4.79 Å². The highest BCUT2D eigenvalue weighted by atomic mass is 32.2. The van der Waals surface area contributed by atoms with E-state index in [1.165, 1.54) is 0 Å². The van der Waals surface area contributed by atoms with Crippen LogP contribution in [0.5, 0.6) is 0 Å². The lowest BCUT2D eigenvalue weighted by molar-refractivity contribution is -0.136. The van der Waals surface area contributed by atoms with E-state index >= 15 is 0 Å². The second-order valence-corrected chi connectivity index (χ2v) is 4.32. The summed E-state index contributed by atoms with van der Waals surface area (Å²) in [5, 5.41) is 8.12. The molecule has 0 radical (unpaired) electrons. The summed E-state index contributed by atoms with van der Waals surface area (Å²) in [7, 11) is 0. The van der Waals surface area contributed by atoms with Crippen molar-refractivity contribution in [1.29, 1.82) is 0 Å². The first-order valence-corrected chi connectivity index (χ1v) is 5.98. The second kappa shape index (κ2) is 5.55. The Bertz CT molecular complexity index is 406. The predicted molar refractivity (Wildman–Crippen MR) is 64.7 cm³/mol. The number of hydrogen-bond acceptors (Lipinski definition) is 4. The first-order valence-electron chi connectivity index (χ1n) is 4.69. The molecule has 0 unspecified atom stereocenters. The van der Waals surface area contributed by atoms with Crippen LogP contribution >= 0.6 is 11.8 Å². The van der Waals surface area contributed by atoms with Crippen LogP contribution in [0.25, 0.3) is 0 Å². The monoisotopic (exact) mass is 239 g/mol. The summed E-state index contributed by atoms with van der Waals surface area (Å²) in [5.41, 5.74) is 6.42. The van der Waals surface area contributed by atoms with Crippen LogP contribution in [0.2, 0.25) is 0 Å². The van der Waals surface area contributed by atoms with Crippen molar-refractivity contribution in [3.05, 3.63) is 29.8 Å². The number of carboxylic acids is 1. The molecule has 0 aromatic heterocycles. The molecular formula is C11H13NO3S. The first kappa shape index (κ1) is 12.6. The predicted octanol–water partition coefficient (Wildman–Crippen LogP) is 1.66. The molecule has 1 aromatic carbocycles. The van der Waals surface area contributed by atoms with Gasteiger partial charge in [0.25, 0.3) is 0 Å². The highest BCUT2D eigenvalue weighted by molar-refractivity contribution is 7.99. The smallest absolute Gasteiger partial charge is 0.317 e. The van der Waals surface area contributed by atoms with Crippen LogP contribution in [-0.4, -0.2) is 28.4 Å². The van der Waals surface area contributed by atoms with Gasteiger partial charge >= 0.3 is 5.97 Å². The number of rotatable bonds is 5. The molecule has 1 rings (SSSR count). The molecule has 4 nitrogen and oxygen atoms in total. The highest BCUT2D eigenvalue weighted by Gasteiger charge is 2.21. The standard InChI is InChI=1S/C11H13NO3S/c1-16-10(11(14)15)6-9(13)7-4-2-3-5-8(7)12/h2-5,10H,6,12H2,1H3,(H,14,15)/t10-/m0/s1. The Kier molecular flexibility index (Phi) is 4.37. The number of anilines is 1. The quantitative estimate of drug-likeness (QED) is 0.603. The number of ketones is 1. The summed E-state index contributed by atoms with van der Waals surface area (Å²) in [5.74, 6) is -1.21. The number of carbonyl (C=O) groups excluding carboxylic acids is 1. The third kappa shape index (κ3) is 3.00. The Morgan fingerprint density at radius 3 is 2.56 bits per heavy atom. The van der Waals surface area contributed by atoms with Gasteiger partial charge in [0.2, 0.25) is 0 Å². The van der Waals surface area contributed by atoms with E-state index < -0.39 is 11.2 Å². The van der Waals surface area contributed by atoms with E-state index in [0.717, 1.165) is 11.8 Å². The lowest BCUT2D eigenvalue weighted by Gasteiger charge is -2.09. The minimum Gasteiger partial charge on any atom is -0.480 e. The van der Waals surface area contributed by atoms with Crippen molar-refractivity contribution in [3.63, 3.8) is 0 Å². The number of carbonyl (C=O) groups is 2. The van der Waals surface area contributed by atoms with Crippen molar-refractivity contribution in [2.24, 2.45) is 0 Å². The molecule has 0 aliphatic heterocycles. The topological polar surface area (TPSA) is 80.4 Å². The molecule has 86 valence electrons. The van der Waals surface area contributed by atoms with Crippen LogP contribution in [0, 0.1) is 0 Å². The molecule has 0 bridgehead atoms. The second-order valence-electron chi connectivity index (χ2n) is 3.28. The molecule has 0 fully saturated rings. The minimum absolute atomic E-state index is 0.0370. The SMILES string of the molecule is CS[C@@H](CC(=O)c1ccccc1N)C(=O)O. The van der Waals surface area contributed by atoms with Gasteiger partial charge in [-0.25, -0.2) is 0 Å². The molecule has 0 aliphatic carbocycles. The fraction of sp³-hybridized carbons (Fsp3) is 0.273. The van der Waals surface area contributed by atoms with Crippen molar-refractivity contribution in [1.82, 2.24) is 0 Å². The fourth-order valence-corrected chi connectivity index (χ4v) is 1.82. The van der Waals surface area contributed by atoms with Crippen molar-refractivity contribution in [3.8, 4) is 0 Å². The molecule has 5 heteroatoms. The zero-order valence-corrected chi connectivity index (χ0v) is 9.66. The summed E-state index contributed by atoms with van der Waals surface area (Å²) in [6, 6.07) is 6.67. The van der Waals surface area contributed by atoms with Crippen LogP contribution in [0.1, 0.15) is 16.8 Å². The van der Waals surface area contributed by atoms with E-state index in [-0.39, 0.29) is 12.2 Å². The first-order chi connectivity index (χ1) is 7.56.